The second-order valence-electron chi connectivity index (χ2n) is 4.77. The molecule has 0 heterocycles. The molecule has 0 unspecified atom stereocenters. The van der Waals surface area contributed by atoms with Crippen molar-refractivity contribution in [3.8, 4) is 28.7 Å². The quantitative estimate of drug-likeness (QED) is 0.320. The first-order chi connectivity index (χ1) is 10.5. The standard InChI is InChI=1S/C16H13NO5/c18-12-11(13(19)15(21)16(22)14(12)20)17-10-7-3-5-8-4-1-2-6-9(8)10/h1-7,17-22H. The Bertz CT molecular complexity index is 842. The molecule has 0 aliphatic rings. The van der Waals surface area contributed by atoms with Crippen LogP contribution in [0.1, 0.15) is 0 Å². The fraction of sp³-hybridized carbons (Fsp3) is 0. The molecule has 0 saturated heterocycles. The monoisotopic (exact) mass is 299 g/mol. The third-order valence-electron chi connectivity index (χ3n) is 3.42. The second kappa shape index (κ2) is 4.92. The lowest BCUT2D eigenvalue weighted by Gasteiger charge is -2.15. The first-order valence-electron chi connectivity index (χ1n) is 6.44. The van der Waals surface area contributed by atoms with Crippen LogP contribution in [0.4, 0.5) is 11.4 Å². The Kier molecular flexibility index (Phi) is 3.06. The predicted octanol–water partition coefficient (Wildman–Crippen LogP) is 3.11. The van der Waals surface area contributed by atoms with Gasteiger partial charge in [0.2, 0.25) is 17.2 Å². The maximum Gasteiger partial charge on any atom is 0.208 e. The highest BCUT2D eigenvalue weighted by atomic mass is 16.4. The molecule has 0 bridgehead atoms. The minimum absolute atomic E-state index is 0.302. The minimum atomic E-state index is -0.988. The fourth-order valence-corrected chi connectivity index (χ4v) is 2.27. The number of hydrogen-bond donors (Lipinski definition) is 6. The summed E-state index contributed by atoms with van der Waals surface area (Å²) in [6.07, 6.45) is 0. The van der Waals surface area contributed by atoms with Crippen LogP contribution in [0.2, 0.25) is 0 Å². The average Bonchev–Trinajstić information content (AvgIpc) is 2.55. The molecule has 3 aromatic carbocycles. The van der Waals surface area contributed by atoms with Crippen LogP contribution < -0.4 is 5.32 Å². The zero-order valence-electron chi connectivity index (χ0n) is 11.3. The molecule has 6 N–H and O–H groups in total. The third-order valence-corrected chi connectivity index (χ3v) is 3.42. The molecule has 0 saturated carbocycles. The van der Waals surface area contributed by atoms with Gasteiger partial charge in [0, 0.05) is 11.1 Å². The van der Waals surface area contributed by atoms with Crippen LogP contribution in [0.3, 0.4) is 0 Å². The van der Waals surface area contributed by atoms with Crippen molar-refractivity contribution in [2.75, 3.05) is 5.32 Å². The van der Waals surface area contributed by atoms with E-state index in [1.54, 1.807) is 12.1 Å². The summed E-state index contributed by atoms with van der Waals surface area (Å²) in [6.45, 7) is 0. The third kappa shape index (κ3) is 1.98. The van der Waals surface area contributed by atoms with Crippen LogP contribution in [0.25, 0.3) is 10.8 Å². The lowest BCUT2D eigenvalue weighted by Crippen LogP contribution is -1.93. The summed E-state index contributed by atoms with van der Waals surface area (Å²) in [7, 11) is 0. The molecule has 6 nitrogen and oxygen atoms in total. The van der Waals surface area contributed by atoms with Crippen LogP contribution >= 0.6 is 0 Å². The van der Waals surface area contributed by atoms with Gasteiger partial charge in [-0.05, 0) is 11.5 Å². The van der Waals surface area contributed by atoms with Crippen molar-refractivity contribution in [1.29, 1.82) is 0 Å². The van der Waals surface area contributed by atoms with Gasteiger partial charge in [0.15, 0.2) is 11.5 Å². The average molecular weight is 299 g/mol. The largest absolute Gasteiger partial charge is 0.503 e. The zero-order valence-corrected chi connectivity index (χ0v) is 11.3. The SMILES string of the molecule is Oc1c(O)c(O)c(Nc2cccc3ccccc23)c(O)c1O. The Labute approximate surface area is 125 Å². The molecule has 0 spiro atoms. The maximum atomic E-state index is 9.87. The van der Waals surface area contributed by atoms with Crippen LogP contribution in [0.5, 0.6) is 28.7 Å². The highest BCUT2D eigenvalue weighted by Crippen LogP contribution is 2.54. The van der Waals surface area contributed by atoms with Gasteiger partial charge in [-0.25, -0.2) is 0 Å². The van der Waals surface area contributed by atoms with Crippen molar-refractivity contribution in [3.05, 3.63) is 42.5 Å². The van der Waals surface area contributed by atoms with Gasteiger partial charge in [0.25, 0.3) is 0 Å². The van der Waals surface area contributed by atoms with Crippen molar-refractivity contribution < 1.29 is 25.5 Å². The van der Waals surface area contributed by atoms with E-state index in [2.05, 4.69) is 5.32 Å². The summed E-state index contributed by atoms with van der Waals surface area (Å²) >= 11 is 0. The summed E-state index contributed by atoms with van der Waals surface area (Å²) in [5.74, 6) is -4.35. The van der Waals surface area contributed by atoms with Crippen molar-refractivity contribution in [2.24, 2.45) is 0 Å². The molecule has 0 amide bonds. The van der Waals surface area contributed by atoms with Crippen molar-refractivity contribution >= 4 is 22.1 Å². The number of phenolic OH excluding ortho intramolecular Hbond substituents is 5. The van der Waals surface area contributed by atoms with Gasteiger partial charge in [-0.2, -0.15) is 0 Å². The van der Waals surface area contributed by atoms with Gasteiger partial charge in [-0.15, -0.1) is 0 Å². The molecular weight excluding hydrogens is 286 g/mol. The van der Waals surface area contributed by atoms with E-state index in [0.29, 0.717) is 5.69 Å². The Hall–Kier alpha value is -3.28. The first-order valence-corrected chi connectivity index (χ1v) is 6.44. The summed E-state index contributed by atoms with van der Waals surface area (Å²) in [5.41, 5.74) is 0.248. The summed E-state index contributed by atoms with van der Waals surface area (Å²) in [6, 6.07) is 12.8. The molecule has 0 fully saturated rings. The highest BCUT2D eigenvalue weighted by molar-refractivity contribution is 5.97. The van der Waals surface area contributed by atoms with E-state index in [9.17, 15) is 25.5 Å². The number of hydrogen-bond acceptors (Lipinski definition) is 6. The van der Waals surface area contributed by atoms with Gasteiger partial charge in [0.05, 0.1) is 0 Å². The Morgan fingerprint density at radius 2 is 1.14 bits per heavy atom. The van der Waals surface area contributed by atoms with Gasteiger partial charge in [-0.1, -0.05) is 36.4 Å². The zero-order chi connectivity index (χ0) is 15.9. The molecule has 22 heavy (non-hydrogen) atoms. The number of phenols is 5. The van der Waals surface area contributed by atoms with E-state index < -0.39 is 28.7 Å². The Morgan fingerprint density at radius 1 is 0.591 bits per heavy atom. The number of rotatable bonds is 2. The molecule has 6 heteroatoms. The number of anilines is 2. The first kappa shape index (κ1) is 13.7. The number of benzene rings is 3. The lowest BCUT2D eigenvalue weighted by atomic mass is 10.1. The smallest absolute Gasteiger partial charge is 0.208 e. The molecule has 0 aliphatic heterocycles. The van der Waals surface area contributed by atoms with Gasteiger partial charge < -0.3 is 30.8 Å². The minimum Gasteiger partial charge on any atom is -0.503 e. The number of aromatic hydroxyl groups is 5. The summed E-state index contributed by atoms with van der Waals surface area (Å²) < 4.78 is 0. The topological polar surface area (TPSA) is 113 Å². The molecule has 0 aromatic heterocycles. The maximum absolute atomic E-state index is 9.87. The van der Waals surface area contributed by atoms with Crippen LogP contribution in [0.15, 0.2) is 42.5 Å². The van der Waals surface area contributed by atoms with Crippen LogP contribution in [-0.4, -0.2) is 25.5 Å². The molecule has 112 valence electrons. The van der Waals surface area contributed by atoms with Crippen molar-refractivity contribution in [1.82, 2.24) is 0 Å². The predicted molar refractivity (Wildman–Crippen MR) is 82.0 cm³/mol. The van der Waals surface area contributed by atoms with Crippen LogP contribution in [0, 0.1) is 0 Å². The van der Waals surface area contributed by atoms with E-state index in [1.165, 1.54) is 0 Å². The van der Waals surface area contributed by atoms with Crippen molar-refractivity contribution in [3.63, 3.8) is 0 Å². The van der Waals surface area contributed by atoms with E-state index in [1.807, 2.05) is 30.3 Å². The Morgan fingerprint density at radius 3 is 1.82 bits per heavy atom. The normalized spacial score (nSPS) is 10.7. The molecule has 3 rings (SSSR count). The van der Waals surface area contributed by atoms with Gasteiger partial charge in [-0.3, -0.25) is 0 Å². The summed E-state index contributed by atoms with van der Waals surface area (Å²) in [5, 5.41) is 52.8. The molecule has 3 aromatic rings. The van der Waals surface area contributed by atoms with Gasteiger partial charge >= 0.3 is 0 Å². The fourth-order valence-electron chi connectivity index (χ4n) is 2.27. The van der Waals surface area contributed by atoms with E-state index in [4.69, 9.17) is 0 Å². The number of nitrogens with one attached hydrogen (secondary N) is 1. The van der Waals surface area contributed by atoms with Crippen LogP contribution in [-0.2, 0) is 0 Å². The number of fused-ring (bicyclic) bond motifs is 1. The Balaban J connectivity index is 2.18. The second-order valence-corrected chi connectivity index (χ2v) is 4.77. The molecule has 0 aliphatic carbocycles. The van der Waals surface area contributed by atoms with Gasteiger partial charge in [0.1, 0.15) is 5.69 Å². The highest BCUT2D eigenvalue weighted by Gasteiger charge is 2.23. The van der Waals surface area contributed by atoms with E-state index >= 15 is 0 Å². The van der Waals surface area contributed by atoms with E-state index in [-0.39, 0.29) is 5.69 Å². The summed E-state index contributed by atoms with van der Waals surface area (Å²) in [4.78, 5) is 0. The van der Waals surface area contributed by atoms with E-state index in [0.717, 1.165) is 10.8 Å². The molecule has 0 radical (unpaired) electrons. The lowest BCUT2D eigenvalue weighted by molar-refractivity contribution is 0.330. The molecular formula is C16H13NO5. The van der Waals surface area contributed by atoms with Crippen molar-refractivity contribution in [2.45, 2.75) is 0 Å². The molecule has 0 atom stereocenters.